The fourth-order valence-electron chi connectivity index (χ4n) is 2.97. The Balaban J connectivity index is 1.72. The van der Waals surface area contributed by atoms with Crippen LogP contribution in [0.25, 0.3) is 11.4 Å². The van der Waals surface area contributed by atoms with Crippen molar-refractivity contribution in [3.05, 3.63) is 77.9 Å². The first-order valence-electron chi connectivity index (χ1n) is 9.03. The van der Waals surface area contributed by atoms with Crippen molar-refractivity contribution in [2.24, 2.45) is 0 Å². The van der Waals surface area contributed by atoms with E-state index in [1.54, 1.807) is 36.4 Å². The molecule has 4 rings (SSSR count). The summed E-state index contributed by atoms with van der Waals surface area (Å²) in [5, 5.41) is 16.8. The summed E-state index contributed by atoms with van der Waals surface area (Å²) in [6.45, 7) is 0. The van der Waals surface area contributed by atoms with Gasteiger partial charge in [-0.25, -0.2) is 22.8 Å². The topological polar surface area (TPSA) is 138 Å². The van der Waals surface area contributed by atoms with Crippen LogP contribution < -0.4 is 10.0 Å². The van der Waals surface area contributed by atoms with E-state index in [1.165, 1.54) is 24.5 Å². The number of anilines is 2. The second-order valence-electron chi connectivity index (χ2n) is 6.62. The molecule has 4 aromatic rings. The average Bonchev–Trinajstić information content (AvgIpc) is 3.28. The Kier molecular flexibility index (Phi) is 5.54. The van der Waals surface area contributed by atoms with E-state index in [4.69, 9.17) is 0 Å². The summed E-state index contributed by atoms with van der Waals surface area (Å²) in [5.74, 6) is 0.242. The molecule has 2 aromatic carbocycles. The quantitative estimate of drug-likeness (QED) is 0.398. The molecule has 0 spiro atoms. The van der Waals surface area contributed by atoms with Crippen LogP contribution in [0, 0.1) is 5.82 Å². The lowest BCUT2D eigenvalue weighted by Crippen LogP contribution is -2.18. The van der Waals surface area contributed by atoms with Gasteiger partial charge in [0.05, 0.1) is 23.5 Å². The van der Waals surface area contributed by atoms with Crippen molar-refractivity contribution in [3.8, 4) is 11.4 Å². The highest BCUT2D eigenvalue weighted by Gasteiger charge is 2.20. The summed E-state index contributed by atoms with van der Waals surface area (Å²) >= 11 is 0. The molecule has 2 heterocycles. The van der Waals surface area contributed by atoms with Crippen LogP contribution >= 0.6 is 0 Å². The van der Waals surface area contributed by atoms with Crippen LogP contribution in [0.15, 0.2) is 60.9 Å². The number of tetrazole rings is 1. The number of H-pyrrole nitrogens is 1. The number of aromatic nitrogens is 6. The van der Waals surface area contributed by atoms with Gasteiger partial charge in [0, 0.05) is 18.0 Å². The Morgan fingerprint density at radius 1 is 1.03 bits per heavy atom. The van der Waals surface area contributed by atoms with Crippen LogP contribution in [0.3, 0.4) is 0 Å². The number of nitrogens with one attached hydrogen (secondary N) is 3. The molecule has 0 amide bonds. The average molecular weight is 440 g/mol. The van der Waals surface area contributed by atoms with E-state index in [0.717, 1.165) is 6.26 Å². The number of aromatic amines is 1. The predicted molar refractivity (Wildman–Crippen MR) is 112 cm³/mol. The van der Waals surface area contributed by atoms with E-state index in [-0.39, 0.29) is 11.8 Å². The zero-order valence-corrected chi connectivity index (χ0v) is 17.0. The van der Waals surface area contributed by atoms with Crippen LogP contribution in [0.2, 0.25) is 0 Å². The van der Waals surface area contributed by atoms with Gasteiger partial charge in [0.2, 0.25) is 21.8 Å². The number of hydrogen-bond donors (Lipinski definition) is 3. The molecule has 0 radical (unpaired) electrons. The van der Waals surface area contributed by atoms with E-state index in [9.17, 15) is 12.8 Å². The number of sulfonamides is 1. The highest BCUT2D eigenvalue weighted by atomic mass is 32.2. The Labute approximate surface area is 177 Å². The predicted octanol–water partition coefficient (Wildman–Crippen LogP) is 2.37. The number of rotatable bonds is 7. The van der Waals surface area contributed by atoms with Crippen molar-refractivity contribution in [2.45, 2.75) is 6.04 Å². The molecule has 10 nitrogen and oxygen atoms in total. The van der Waals surface area contributed by atoms with Gasteiger partial charge in [0.1, 0.15) is 5.82 Å². The third-order valence-electron chi connectivity index (χ3n) is 4.30. The molecule has 0 saturated heterocycles. The number of nitrogens with zero attached hydrogens (tertiary/aromatic N) is 5. The fourth-order valence-corrected chi connectivity index (χ4v) is 3.55. The fraction of sp³-hybridized carbons (Fsp3) is 0.105. The molecule has 3 N–H and O–H groups in total. The molecule has 1 unspecified atom stereocenters. The maximum Gasteiger partial charge on any atom is 0.229 e. The maximum atomic E-state index is 13.5. The van der Waals surface area contributed by atoms with Crippen molar-refractivity contribution in [1.82, 2.24) is 30.6 Å². The monoisotopic (exact) mass is 440 g/mol. The van der Waals surface area contributed by atoms with E-state index in [1.807, 2.05) is 0 Å². The molecule has 0 aliphatic heterocycles. The molecule has 1 atom stereocenters. The van der Waals surface area contributed by atoms with Gasteiger partial charge in [-0.1, -0.05) is 30.3 Å². The summed E-state index contributed by atoms with van der Waals surface area (Å²) in [6.07, 6.45) is 4.13. The van der Waals surface area contributed by atoms with E-state index < -0.39 is 16.1 Å². The Morgan fingerprint density at radius 2 is 1.74 bits per heavy atom. The molecule has 31 heavy (non-hydrogen) atoms. The van der Waals surface area contributed by atoms with Crippen LogP contribution in [0.4, 0.5) is 16.0 Å². The minimum Gasteiger partial charge on any atom is -0.343 e. The highest BCUT2D eigenvalue weighted by Crippen LogP contribution is 2.31. The summed E-state index contributed by atoms with van der Waals surface area (Å²) in [7, 11) is -3.52. The number of hydrogen-bond acceptors (Lipinski definition) is 8. The summed E-state index contributed by atoms with van der Waals surface area (Å²) in [6, 6.07) is 12.2. The summed E-state index contributed by atoms with van der Waals surface area (Å²) in [5.41, 5.74) is 2.26. The molecule has 0 aliphatic carbocycles. The molecular formula is C19H17FN8O2S. The molecule has 0 saturated carbocycles. The smallest absolute Gasteiger partial charge is 0.229 e. The second-order valence-corrected chi connectivity index (χ2v) is 8.37. The van der Waals surface area contributed by atoms with Crippen LogP contribution in [0.1, 0.15) is 17.2 Å². The van der Waals surface area contributed by atoms with Crippen LogP contribution in [-0.4, -0.2) is 45.3 Å². The summed E-state index contributed by atoms with van der Waals surface area (Å²) in [4.78, 5) is 8.58. The van der Waals surface area contributed by atoms with Gasteiger partial charge >= 0.3 is 0 Å². The van der Waals surface area contributed by atoms with Crippen LogP contribution in [-0.2, 0) is 10.0 Å². The van der Waals surface area contributed by atoms with Gasteiger partial charge in [0.25, 0.3) is 0 Å². The van der Waals surface area contributed by atoms with Gasteiger partial charge in [0.15, 0.2) is 0 Å². The van der Waals surface area contributed by atoms with E-state index in [0.29, 0.717) is 28.2 Å². The van der Waals surface area contributed by atoms with Gasteiger partial charge < -0.3 is 5.32 Å². The minimum atomic E-state index is -3.52. The second kappa shape index (κ2) is 8.44. The number of benzene rings is 2. The maximum absolute atomic E-state index is 13.5. The van der Waals surface area contributed by atoms with Crippen molar-refractivity contribution >= 4 is 21.7 Å². The molecule has 158 valence electrons. The first-order valence-corrected chi connectivity index (χ1v) is 10.9. The zero-order valence-electron chi connectivity index (χ0n) is 16.2. The van der Waals surface area contributed by atoms with Gasteiger partial charge in [-0.2, -0.15) is 5.21 Å². The Morgan fingerprint density at radius 3 is 2.39 bits per heavy atom. The van der Waals surface area contributed by atoms with Crippen molar-refractivity contribution in [3.63, 3.8) is 0 Å². The lowest BCUT2D eigenvalue weighted by atomic mass is 9.97. The largest absolute Gasteiger partial charge is 0.343 e. The standard InChI is InChI=1S/C19H17FN8O2S/c1-31(29,30)26-16-5-3-2-4-15(16)17(12-6-8-14(20)9-7-12)23-19-21-10-13(11-22-19)18-24-27-28-25-18/h2-11,17,26H,1H3,(H,21,22,23)(H,24,25,27,28). The normalized spacial score (nSPS) is 12.3. The molecule has 12 heteroatoms. The SMILES string of the molecule is CS(=O)(=O)Nc1ccccc1C(Nc1ncc(-c2nn[nH]n2)cn1)c1ccc(F)cc1. The number of para-hydroxylation sites is 1. The van der Waals surface area contributed by atoms with Gasteiger partial charge in [-0.15, -0.1) is 10.2 Å². The van der Waals surface area contributed by atoms with Gasteiger partial charge in [-0.3, -0.25) is 4.72 Å². The Bertz CT molecular complexity index is 1260. The first kappa shape index (κ1) is 20.3. The molecular weight excluding hydrogens is 423 g/mol. The van der Waals surface area contributed by atoms with E-state index in [2.05, 4.69) is 40.6 Å². The van der Waals surface area contributed by atoms with Crippen molar-refractivity contribution in [2.75, 3.05) is 16.3 Å². The minimum absolute atomic E-state index is 0.274. The Hall–Kier alpha value is -3.93. The number of halogens is 1. The third kappa shape index (κ3) is 4.98. The van der Waals surface area contributed by atoms with Crippen LogP contribution in [0.5, 0.6) is 0 Å². The third-order valence-corrected chi connectivity index (χ3v) is 4.89. The molecule has 0 aliphatic rings. The highest BCUT2D eigenvalue weighted by molar-refractivity contribution is 7.92. The van der Waals surface area contributed by atoms with Gasteiger partial charge in [-0.05, 0) is 29.0 Å². The van der Waals surface area contributed by atoms with Crippen molar-refractivity contribution in [1.29, 1.82) is 0 Å². The molecule has 2 aromatic heterocycles. The lowest BCUT2D eigenvalue weighted by molar-refractivity contribution is 0.606. The van der Waals surface area contributed by atoms with Crippen molar-refractivity contribution < 1.29 is 12.8 Å². The first-order chi connectivity index (χ1) is 14.9. The zero-order chi connectivity index (χ0) is 21.8. The lowest BCUT2D eigenvalue weighted by Gasteiger charge is -2.22. The summed E-state index contributed by atoms with van der Waals surface area (Å²) < 4.78 is 39.7. The molecule has 0 fully saturated rings. The molecule has 0 bridgehead atoms. The van der Waals surface area contributed by atoms with E-state index >= 15 is 0 Å².